The molecule has 1 aliphatic rings. The van der Waals surface area contributed by atoms with E-state index >= 15 is 0 Å². The third-order valence-corrected chi connectivity index (χ3v) is 5.18. The second kappa shape index (κ2) is 8.95. The molecule has 1 fully saturated rings. The van der Waals surface area contributed by atoms with Gasteiger partial charge < -0.3 is 14.5 Å². The number of piperidine rings is 1. The van der Waals surface area contributed by atoms with Crippen LogP contribution in [0.15, 0.2) is 36.7 Å². The third-order valence-electron chi connectivity index (χ3n) is 5.18. The SMILES string of the molecule is CCOCC(=O)N1CCC(C(=O)N(C)Cc2cccc3cnccc23)CC1. The third kappa shape index (κ3) is 4.63. The molecule has 0 spiro atoms. The van der Waals surface area contributed by atoms with Gasteiger partial charge >= 0.3 is 0 Å². The summed E-state index contributed by atoms with van der Waals surface area (Å²) in [5.74, 6) is 0.140. The van der Waals surface area contributed by atoms with Crippen LogP contribution < -0.4 is 0 Å². The second-order valence-electron chi connectivity index (χ2n) is 7.00. The number of fused-ring (bicyclic) bond motifs is 1. The first-order valence-electron chi connectivity index (χ1n) is 9.52. The quantitative estimate of drug-likeness (QED) is 0.785. The topological polar surface area (TPSA) is 62.7 Å². The van der Waals surface area contributed by atoms with E-state index in [0.717, 1.165) is 16.3 Å². The summed E-state index contributed by atoms with van der Waals surface area (Å²) < 4.78 is 5.19. The number of carbonyl (C=O) groups is 2. The van der Waals surface area contributed by atoms with E-state index in [1.165, 1.54) is 0 Å². The fourth-order valence-corrected chi connectivity index (χ4v) is 3.63. The van der Waals surface area contributed by atoms with Crippen molar-refractivity contribution in [1.82, 2.24) is 14.8 Å². The van der Waals surface area contributed by atoms with E-state index in [1.54, 1.807) is 16.0 Å². The van der Waals surface area contributed by atoms with Gasteiger partial charge in [-0.1, -0.05) is 18.2 Å². The van der Waals surface area contributed by atoms with Crippen LogP contribution in [0.5, 0.6) is 0 Å². The highest BCUT2D eigenvalue weighted by atomic mass is 16.5. The van der Waals surface area contributed by atoms with E-state index in [9.17, 15) is 9.59 Å². The number of nitrogens with zero attached hydrogens (tertiary/aromatic N) is 3. The van der Waals surface area contributed by atoms with Crippen molar-refractivity contribution in [2.24, 2.45) is 5.92 Å². The van der Waals surface area contributed by atoms with Crippen molar-refractivity contribution in [3.8, 4) is 0 Å². The van der Waals surface area contributed by atoms with Crippen LogP contribution in [0.25, 0.3) is 10.8 Å². The van der Waals surface area contributed by atoms with E-state index < -0.39 is 0 Å². The zero-order valence-corrected chi connectivity index (χ0v) is 16.1. The van der Waals surface area contributed by atoms with E-state index in [4.69, 9.17) is 4.74 Å². The van der Waals surface area contributed by atoms with E-state index in [1.807, 2.05) is 38.4 Å². The van der Waals surface area contributed by atoms with Gasteiger partial charge in [0.15, 0.2) is 0 Å². The minimum absolute atomic E-state index is 0.0143. The van der Waals surface area contributed by atoms with Crippen LogP contribution in [0.3, 0.4) is 0 Å². The van der Waals surface area contributed by atoms with Crippen LogP contribution in [-0.4, -0.2) is 59.9 Å². The molecule has 1 aliphatic heterocycles. The molecule has 0 unspecified atom stereocenters. The molecule has 2 heterocycles. The number of aromatic nitrogens is 1. The lowest BCUT2D eigenvalue weighted by Gasteiger charge is -2.33. The normalized spacial score (nSPS) is 15.1. The van der Waals surface area contributed by atoms with Crippen LogP contribution in [0, 0.1) is 5.92 Å². The maximum absolute atomic E-state index is 12.9. The van der Waals surface area contributed by atoms with Gasteiger partial charge in [-0.3, -0.25) is 14.6 Å². The number of hydrogen-bond donors (Lipinski definition) is 0. The highest BCUT2D eigenvalue weighted by Crippen LogP contribution is 2.23. The van der Waals surface area contributed by atoms with Gasteiger partial charge in [0.25, 0.3) is 0 Å². The number of rotatable bonds is 6. The number of carbonyl (C=O) groups excluding carboxylic acids is 2. The summed E-state index contributed by atoms with van der Waals surface area (Å²) in [6.07, 6.45) is 5.04. The molecule has 0 atom stereocenters. The number of amides is 2. The number of ether oxygens (including phenoxy) is 1. The minimum Gasteiger partial charge on any atom is -0.372 e. The van der Waals surface area contributed by atoms with Gasteiger partial charge in [0.1, 0.15) is 6.61 Å². The Morgan fingerprint density at radius 2 is 2.04 bits per heavy atom. The Kier molecular flexibility index (Phi) is 6.40. The maximum Gasteiger partial charge on any atom is 0.248 e. The van der Waals surface area contributed by atoms with Gasteiger partial charge in [-0.05, 0) is 36.8 Å². The summed E-state index contributed by atoms with van der Waals surface area (Å²) >= 11 is 0. The van der Waals surface area contributed by atoms with Gasteiger partial charge in [-0.2, -0.15) is 0 Å². The molecule has 1 saturated heterocycles. The van der Waals surface area contributed by atoms with Crippen LogP contribution in [0.2, 0.25) is 0 Å². The Morgan fingerprint density at radius 1 is 1.26 bits per heavy atom. The van der Waals surface area contributed by atoms with Crippen molar-refractivity contribution >= 4 is 22.6 Å². The molecule has 1 aromatic carbocycles. The van der Waals surface area contributed by atoms with Gasteiger partial charge in [-0.25, -0.2) is 0 Å². The fraction of sp³-hybridized carbons (Fsp3) is 0.476. The first-order chi connectivity index (χ1) is 13.1. The smallest absolute Gasteiger partial charge is 0.248 e. The summed E-state index contributed by atoms with van der Waals surface area (Å²) in [6.45, 7) is 4.36. The maximum atomic E-state index is 12.9. The molecule has 0 aliphatic carbocycles. The number of pyridine rings is 1. The molecular weight excluding hydrogens is 342 g/mol. The van der Waals surface area contributed by atoms with Crippen molar-refractivity contribution in [3.63, 3.8) is 0 Å². The Bertz CT molecular complexity index is 795. The number of benzene rings is 1. The van der Waals surface area contributed by atoms with E-state index in [0.29, 0.717) is 39.1 Å². The van der Waals surface area contributed by atoms with E-state index in [-0.39, 0.29) is 24.3 Å². The van der Waals surface area contributed by atoms with Crippen LogP contribution in [0.1, 0.15) is 25.3 Å². The molecule has 3 rings (SSSR count). The van der Waals surface area contributed by atoms with Crippen molar-refractivity contribution < 1.29 is 14.3 Å². The standard InChI is InChI=1S/C21H27N3O3/c1-3-27-15-20(25)24-11-8-16(9-12-24)21(26)23(2)14-18-6-4-5-17-13-22-10-7-19(17)18/h4-7,10,13,16H,3,8-9,11-12,14-15H2,1-2H3. The molecule has 6 nitrogen and oxygen atoms in total. The first-order valence-corrected chi connectivity index (χ1v) is 9.52. The largest absolute Gasteiger partial charge is 0.372 e. The zero-order chi connectivity index (χ0) is 19.2. The number of likely N-dealkylation sites (tertiary alicyclic amines) is 1. The lowest BCUT2D eigenvalue weighted by Crippen LogP contribution is -2.44. The summed E-state index contributed by atoms with van der Waals surface area (Å²) in [7, 11) is 1.86. The van der Waals surface area contributed by atoms with Gasteiger partial charge in [0.2, 0.25) is 11.8 Å². The minimum atomic E-state index is -0.0252. The van der Waals surface area contributed by atoms with Crippen molar-refractivity contribution in [1.29, 1.82) is 0 Å². The molecule has 0 saturated carbocycles. The Morgan fingerprint density at radius 3 is 2.78 bits per heavy atom. The summed E-state index contributed by atoms with van der Waals surface area (Å²) in [4.78, 5) is 32.7. The molecule has 27 heavy (non-hydrogen) atoms. The van der Waals surface area contributed by atoms with Gasteiger partial charge in [-0.15, -0.1) is 0 Å². The summed E-state index contributed by atoms with van der Waals surface area (Å²) in [5, 5.41) is 2.21. The van der Waals surface area contributed by atoms with Gasteiger partial charge in [0.05, 0.1) is 0 Å². The Labute approximate surface area is 160 Å². The lowest BCUT2D eigenvalue weighted by atomic mass is 9.95. The van der Waals surface area contributed by atoms with Gasteiger partial charge in [0, 0.05) is 57.0 Å². The van der Waals surface area contributed by atoms with Crippen molar-refractivity contribution in [2.75, 3.05) is 33.4 Å². The summed E-state index contributed by atoms with van der Waals surface area (Å²) in [6, 6.07) is 8.08. The fourth-order valence-electron chi connectivity index (χ4n) is 3.63. The Hall–Kier alpha value is -2.47. The molecule has 2 aromatic rings. The first kappa shape index (κ1) is 19.3. The molecule has 0 bridgehead atoms. The lowest BCUT2D eigenvalue weighted by molar-refractivity contribution is -0.142. The average molecular weight is 369 g/mol. The average Bonchev–Trinajstić information content (AvgIpc) is 2.71. The molecule has 144 valence electrons. The van der Waals surface area contributed by atoms with E-state index in [2.05, 4.69) is 11.1 Å². The monoisotopic (exact) mass is 369 g/mol. The highest BCUT2D eigenvalue weighted by Gasteiger charge is 2.29. The highest BCUT2D eigenvalue weighted by molar-refractivity contribution is 5.85. The van der Waals surface area contributed by atoms with Crippen molar-refractivity contribution in [2.45, 2.75) is 26.3 Å². The number of hydrogen-bond acceptors (Lipinski definition) is 4. The van der Waals surface area contributed by atoms with Crippen LogP contribution in [0.4, 0.5) is 0 Å². The molecule has 0 N–H and O–H groups in total. The molecule has 2 amide bonds. The molecular formula is C21H27N3O3. The Balaban J connectivity index is 1.57. The molecule has 0 radical (unpaired) electrons. The predicted octanol–water partition coefficient (Wildman–Crippen LogP) is 2.47. The molecule has 1 aromatic heterocycles. The van der Waals surface area contributed by atoms with Crippen molar-refractivity contribution in [3.05, 3.63) is 42.2 Å². The second-order valence-corrected chi connectivity index (χ2v) is 7.00. The predicted molar refractivity (Wildman–Crippen MR) is 104 cm³/mol. The molecule has 6 heteroatoms. The van der Waals surface area contributed by atoms with Crippen LogP contribution >= 0.6 is 0 Å². The van der Waals surface area contributed by atoms with Crippen LogP contribution in [-0.2, 0) is 20.9 Å². The zero-order valence-electron chi connectivity index (χ0n) is 16.1. The summed E-state index contributed by atoms with van der Waals surface area (Å²) in [5.41, 5.74) is 1.12.